The van der Waals surface area contributed by atoms with Crippen molar-refractivity contribution in [2.45, 2.75) is 0 Å². The molecule has 1 nitrogen and oxygen atoms in total. The van der Waals surface area contributed by atoms with E-state index in [-0.39, 0.29) is 17.0 Å². The molecule has 3 heteroatoms. The second-order valence-electron chi connectivity index (χ2n) is 1.05. The summed E-state index contributed by atoms with van der Waals surface area (Å²) in [5, 5.41) is 3.19. The third kappa shape index (κ3) is 2.05. The molecule has 0 saturated carbocycles. The van der Waals surface area contributed by atoms with Gasteiger partial charge in [-0.2, -0.15) is 0 Å². The molecule has 1 rings (SSSR count). The van der Waals surface area contributed by atoms with E-state index in [1.807, 2.05) is 11.8 Å². The number of halogens is 1. The van der Waals surface area contributed by atoms with Gasteiger partial charge in [0.2, 0.25) is 0 Å². The Kier molecular flexibility index (Phi) is 4.48. The highest BCUT2D eigenvalue weighted by molar-refractivity contribution is 8.93. The molecule has 0 unspecified atom stereocenters. The first kappa shape index (κ1) is 6.79. The van der Waals surface area contributed by atoms with Gasteiger partial charge < -0.3 is 5.32 Å². The van der Waals surface area contributed by atoms with Crippen molar-refractivity contribution < 1.29 is 0 Å². The lowest BCUT2D eigenvalue weighted by atomic mass is 10.8. The Balaban J connectivity index is 0.000000250. The maximum atomic E-state index is 3.19. The Morgan fingerprint density at radius 1 is 1.50 bits per heavy atom. The molecule has 1 saturated heterocycles. The Bertz CT molecular complexity index is 22.4. The van der Waals surface area contributed by atoms with Crippen LogP contribution in [-0.2, 0) is 0 Å². The molecule has 0 atom stereocenters. The summed E-state index contributed by atoms with van der Waals surface area (Å²) in [6.45, 7) is 1.21. The lowest BCUT2D eigenvalue weighted by Crippen LogP contribution is -2.04. The van der Waals surface area contributed by atoms with Crippen LogP contribution in [-0.4, -0.2) is 18.2 Å². The second-order valence-corrected chi connectivity index (χ2v) is 2.16. The first-order valence-electron chi connectivity index (χ1n) is 1.78. The molecule has 6 heavy (non-hydrogen) atoms. The third-order valence-electron chi connectivity index (χ3n) is 0.627. The summed E-state index contributed by atoms with van der Waals surface area (Å²) in [5.74, 6) is 2.47. The summed E-state index contributed by atoms with van der Waals surface area (Å²) in [7, 11) is 0. The molecule has 0 spiro atoms. The SMILES string of the molecule is Br.C1CSCN1. The van der Waals surface area contributed by atoms with Crippen molar-refractivity contribution >= 4 is 28.7 Å². The van der Waals surface area contributed by atoms with Gasteiger partial charge in [-0.05, 0) is 0 Å². The molecular weight excluding hydrogens is 162 g/mol. The fourth-order valence-corrected chi connectivity index (χ4v) is 1.08. The Labute approximate surface area is 52.6 Å². The highest BCUT2D eigenvalue weighted by Crippen LogP contribution is 1.99. The number of hydrogen-bond acceptors (Lipinski definition) is 2. The van der Waals surface area contributed by atoms with Crippen LogP contribution in [0.15, 0.2) is 0 Å². The van der Waals surface area contributed by atoms with E-state index < -0.39 is 0 Å². The fourth-order valence-electron chi connectivity index (χ4n) is 0.361. The summed E-state index contributed by atoms with van der Waals surface area (Å²) in [4.78, 5) is 0. The zero-order chi connectivity index (χ0) is 3.54. The van der Waals surface area contributed by atoms with Crippen molar-refractivity contribution in [1.82, 2.24) is 5.32 Å². The van der Waals surface area contributed by atoms with Crippen molar-refractivity contribution in [3.63, 3.8) is 0 Å². The topological polar surface area (TPSA) is 12.0 Å². The van der Waals surface area contributed by atoms with Crippen LogP contribution in [0.3, 0.4) is 0 Å². The quantitative estimate of drug-likeness (QED) is 0.578. The monoisotopic (exact) mass is 169 g/mol. The standard InChI is InChI=1S/C3H7NS.BrH/c1-2-5-3-4-1;/h4H,1-3H2;1H. The molecule has 0 amide bonds. The van der Waals surface area contributed by atoms with E-state index in [0.29, 0.717) is 0 Å². The van der Waals surface area contributed by atoms with Crippen molar-refractivity contribution in [2.75, 3.05) is 18.2 Å². The van der Waals surface area contributed by atoms with Gasteiger partial charge in [-0.1, -0.05) is 0 Å². The molecule has 1 aliphatic heterocycles. The summed E-state index contributed by atoms with van der Waals surface area (Å²) in [6, 6.07) is 0. The van der Waals surface area contributed by atoms with E-state index >= 15 is 0 Å². The van der Waals surface area contributed by atoms with E-state index in [4.69, 9.17) is 0 Å². The number of hydrogen-bond donors (Lipinski definition) is 1. The Morgan fingerprint density at radius 2 is 2.33 bits per heavy atom. The minimum Gasteiger partial charge on any atom is -0.307 e. The molecule has 0 aliphatic carbocycles. The highest BCUT2D eigenvalue weighted by Gasteiger charge is 1.93. The molecular formula is C3H8BrNS. The van der Waals surface area contributed by atoms with Crippen molar-refractivity contribution in [3.05, 3.63) is 0 Å². The van der Waals surface area contributed by atoms with Gasteiger partial charge in [0.1, 0.15) is 0 Å². The first-order chi connectivity index (χ1) is 2.50. The molecule has 1 heterocycles. The van der Waals surface area contributed by atoms with Gasteiger partial charge in [0.15, 0.2) is 0 Å². The molecule has 1 fully saturated rings. The summed E-state index contributed by atoms with van der Waals surface area (Å²) in [6.07, 6.45) is 0. The normalized spacial score (nSPS) is 20.0. The molecule has 1 N–H and O–H groups in total. The number of nitrogens with one attached hydrogen (secondary N) is 1. The van der Waals surface area contributed by atoms with Gasteiger partial charge in [0.05, 0.1) is 0 Å². The maximum absolute atomic E-state index is 3.19. The van der Waals surface area contributed by atoms with Crippen molar-refractivity contribution in [2.24, 2.45) is 0 Å². The van der Waals surface area contributed by atoms with Crippen LogP contribution in [0.2, 0.25) is 0 Å². The minimum atomic E-state index is 0. The molecule has 0 aromatic rings. The van der Waals surface area contributed by atoms with Gasteiger partial charge in [0.25, 0.3) is 0 Å². The predicted molar refractivity (Wildman–Crippen MR) is 35.6 cm³/mol. The van der Waals surface area contributed by atoms with Gasteiger partial charge in [-0.15, -0.1) is 28.7 Å². The van der Waals surface area contributed by atoms with Crippen molar-refractivity contribution in [1.29, 1.82) is 0 Å². The summed E-state index contributed by atoms with van der Waals surface area (Å²) in [5.41, 5.74) is 0. The van der Waals surface area contributed by atoms with Crippen molar-refractivity contribution in [3.8, 4) is 0 Å². The smallest absolute Gasteiger partial charge is 0.0418 e. The van der Waals surface area contributed by atoms with Crippen LogP contribution in [0, 0.1) is 0 Å². The zero-order valence-corrected chi connectivity index (χ0v) is 5.97. The average molecular weight is 170 g/mol. The molecule has 0 bridgehead atoms. The Morgan fingerprint density at radius 3 is 2.50 bits per heavy atom. The molecule has 38 valence electrons. The Hall–Kier alpha value is 0.790. The lowest BCUT2D eigenvalue weighted by molar-refractivity contribution is 0.885. The molecule has 0 radical (unpaired) electrons. The largest absolute Gasteiger partial charge is 0.307 e. The van der Waals surface area contributed by atoms with Gasteiger partial charge in [-0.3, -0.25) is 0 Å². The van der Waals surface area contributed by atoms with Crippen LogP contribution < -0.4 is 5.32 Å². The minimum absolute atomic E-state index is 0. The first-order valence-corrected chi connectivity index (χ1v) is 2.94. The van der Waals surface area contributed by atoms with E-state index in [9.17, 15) is 0 Å². The molecule has 0 aromatic heterocycles. The highest BCUT2D eigenvalue weighted by atomic mass is 79.9. The maximum Gasteiger partial charge on any atom is 0.0418 e. The third-order valence-corrected chi connectivity index (χ3v) is 1.53. The van der Waals surface area contributed by atoms with Crippen LogP contribution in [0.4, 0.5) is 0 Å². The van der Waals surface area contributed by atoms with Gasteiger partial charge in [0, 0.05) is 18.2 Å². The lowest BCUT2D eigenvalue weighted by Gasteiger charge is -1.74. The van der Waals surface area contributed by atoms with E-state index in [0.717, 1.165) is 0 Å². The van der Waals surface area contributed by atoms with Crippen LogP contribution in [0.1, 0.15) is 0 Å². The van der Waals surface area contributed by atoms with Crippen LogP contribution in [0.25, 0.3) is 0 Å². The second kappa shape index (κ2) is 3.96. The van der Waals surface area contributed by atoms with Crippen LogP contribution in [0.5, 0.6) is 0 Å². The summed E-state index contributed by atoms with van der Waals surface area (Å²) < 4.78 is 0. The van der Waals surface area contributed by atoms with Gasteiger partial charge >= 0.3 is 0 Å². The fraction of sp³-hybridized carbons (Fsp3) is 1.00. The number of thioether (sulfide) groups is 1. The molecule has 1 aliphatic rings. The zero-order valence-electron chi connectivity index (χ0n) is 3.44. The van der Waals surface area contributed by atoms with E-state index in [2.05, 4.69) is 5.32 Å². The van der Waals surface area contributed by atoms with E-state index in [1.54, 1.807) is 0 Å². The van der Waals surface area contributed by atoms with E-state index in [1.165, 1.54) is 18.2 Å². The summed E-state index contributed by atoms with van der Waals surface area (Å²) >= 11 is 1.96. The van der Waals surface area contributed by atoms with Crippen LogP contribution >= 0.6 is 28.7 Å². The van der Waals surface area contributed by atoms with Gasteiger partial charge in [-0.25, -0.2) is 0 Å². The molecule has 0 aromatic carbocycles. The predicted octanol–water partition coefficient (Wildman–Crippen LogP) is 0.858. The average Bonchev–Trinajstić information content (AvgIpc) is 1.76. The number of rotatable bonds is 0.